The summed E-state index contributed by atoms with van der Waals surface area (Å²) in [4.78, 5) is 14.4. The molecular weight excluding hydrogens is 264 g/mol. The monoisotopic (exact) mass is 284 g/mol. The first kappa shape index (κ1) is 13.8. The molecule has 5 nitrogen and oxygen atoms in total. The van der Waals surface area contributed by atoms with Crippen LogP contribution in [0.15, 0.2) is 36.4 Å². The SMILES string of the molecule is Cc1cc(C(=O)N2CCC(N)CC2)nn1-c1ccccc1. The highest BCUT2D eigenvalue weighted by molar-refractivity contribution is 5.92. The normalized spacial score (nSPS) is 16.2. The zero-order valence-corrected chi connectivity index (χ0v) is 12.2. The summed E-state index contributed by atoms with van der Waals surface area (Å²) in [6.45, 7) is 3.40. The van der Waals surface area contributed by atoms with Gasteiger partial charge in [-0.1, -0.05) is 18.2 Å². The molecule has 110 valence electrons. The first-order valence-electron chi connectivity index (χ1n) is 7.32. The van der Waals surface area contributed by atoms with Crippen LogP contribution in [-0.4, -0.2) is 39.7 Å². The molecule has 0 saturated carbocycles. The molecule has 0 aliphatic carbocycles. The number of piperidine rings is 1. The van der Waals surface area contributed by atoms with Crippen LogP contribution in [0.1, 0.15) is 29.0 Å². The van der Waals surface area contributed by atoms with Gasteiger partial charge in [-0.15, -0.1) is 0 Å². The Morgan fingerprint density at radius 3 is 2.57 bits per heavy atom. The summed E-state index contributed by atoms with van der Waals surface area (Å²) >= 11 is 0. The Morgan fingerprint density at radius 2 is 1.90 bits per heavy atom. The van der Waals surface area contributed by atoms with Gasteiger partial charge in [-0.25, -0.2) is 4.68 Å². The van der Waals surface area contributed by atoms with Gasteiger partial charge in [-0.2, -0.15) is 5.10 Å². The maximum absolute atomic E-state index is 12.5. The lowest BCUT2D eigenvalue weighted by molar-refractivity contribution is 0.0708. The molecule has 3 rings (SSSR count). The van der Waals surface area contributed by atoms with Gasteiger partial charge in [0.05, 0.1) is 5.69 Å². The molecule has 0 atom stereocenters. The molecule has 21 heavy (non-hydrogen) atoms. The maximum atomic E-state index is 12.5. The molecule has 0 unspecified atom stereocenters. The van der Waals surface area contributed by atoms with Crippen molar-refractivity contribution in [3.05, 3.63) is 47.8 Å². The van der Waals surface area contributed by atoms with Crippen molar-refractivity contribution in [1.29, 1.82) is 0 Å². The van der Waals surface area contributed by atoms with E-state index in [0.29, 0.717) is 5.69 Å². The van der Waals surface area contributed by atoms with Crippen LogP contribution >= 0.6 is 0 Å². The van der Waals surface area contributed by atoms with Crippen molar-refractivity contribution in [1.82, 2.24) is 14.7 Å². The summed E-state index contributed by atoms with van der Waals surface area (Å²) in [6, 6.07) is 11.9. The van der Waals surface area contributed by atoms with Crippen molar-refractivity contribution in [2.45, 2.75) is 25.8 Å². The number of aryl methyl sites for hydroxylation is 1. The molecule has 1 fully saturated rings. The quantitative estimate of drug-likeness (QED) is 0.913. The molecule has 0 spiro atoms. The van der Waals surface area contributed by atoms with Gasteiger partial charge in [0.15, 0.2) is 5.69 Å². The van der Waals surface area contributed by atoms with Crippen LogP contribution < -0.4 is 5.73 Å². The highest BCUT2D eigenvalue weighted by atomic mass is 16.2. The average molecular weight is 284 g/mol. The number of para-hydroxylation sites is 1. The van der Waals surface area contributed by atoms with E-state index in [4.69, 9.17) is 5.73 Å². The Morgan fingerprint density at radius 1 is 1.24 bits per heavy atom. The molecule has 1 aliphatic rings. The number of likely N-dealkylation sites (tertiary alicyclic amines) is 1. The highest BCUT2D eigenvalue weighted by Gasteiger charge is 2.24. The molecule has 1 amide bonds. The van der Waals surface area contributed by atoms with Crippen molar-refractivity contribution in [3.63, 3.8) is 0 Å². The fourth-order valence-corrected chi connectivity index (χ4v) is 2.67. The van der Waals surface area contributed by atoms with Crippen LogP contribution in [0.2, 0.25) is 0 Å². The van der Waals surface area contributed by atoms with E-state index in [-0.39, 0.29) is 11.9 Å². The molecule has 2 N–H and O–H groups in total. The maximum Gasteiger partial charge on any atom is 0.274 e. The van der Waals surface area contributed by atoms with Crippen LogP contribution in [0.3, 0.4) is 0 Å². The Kier molecular flexibility index (Phi) is 3.75. The number of hydrogen-bond acceptors (Lipinski definition) is 3. The van der Waals surface area contributed by atoms with Gasteiger partial charge in [0.25, 0.3) is 5.91 Å². The van der Waals surface area contributed by atoms with Gasteiger partial charge in [0.2, 0.25) is 0 Å². The summed E-state index contributed by atoms with van der Waals surface area (Å²) < 4.78 is 1.81. The van der Waals surface area contributed by atoms with E-state index in [1.807, 2.05) is 52.9 Å². The second-order valence-electron chi connectivity index (χ2n) is 5.55. The second-order valence-corrected chi connectivity index (χ2v) is 5.55. The van der Waals surface area contributed by atoms with Gasteiger partial charge < -0.3 is 10.6 Å². The molecule has 2 heterocycles. The zero-order valence-electron chi connectivity index (χ0n) is 12.2. The van der Waals surface area contributed by atoms with Crippen molar-refractivity contribution < 1.29 is 4.79 Å². The summed E-state index contributed by atoms with van der Waals surface area (Å²) in [5.41, 5.74) is 8.31. The fourth-order valence-electron chi connectivity index (χ4n) is 2.67. The topological polar surface area (TPSA) is 64.2 Å². The number of nitrogens with two attached hydrogens (primary N) is 1. The van der Waals surface area contributed by atoms with Gasteiger partial charge in [0.1, 0.15) is 0 Å². The van der Waals surface area contributed by atoms with E-state index in [0.717, 1.165) is 37.3 Å². The van der Waals surface area contributed by atoms with E-state index in [9.17, 15) is 4.79 Å². The number of nitrogens with zero attached hydrogens (tertiary/aromatic N) is 3. The third-order valence-electron chi connectivity index (χ3n) is 3.93. The van der Waals surface area contributed by atoms with E-state index in [2.05, 4.69) is 5.10 Å². The molecule has 1 aromatic heterocycles. The molecular formula is C16H20N4O. The molecule has 5 heteroatoms. The average Bonchev–Trinajstić information content (AvgIpc) is 2.90. The first-order chi connectivity index (χ1) is 10.1. The predicted octanol–water partition coefficient (Wildman–Crippen LogP) is 1.74. The summed E-state index contributed by atoms with van der Waals surface area (Å²) in [5, 5.41) is 4.47. The van der Waals surface area contributed by atoms with Crippen LogP contribution in [-0.2, 0) is 0 Å². The highest BCUT2D eigenvalue weighted by Crippen LogP contribution is 2.15. The molecule has 2 aromatic rings. The first-order valence-corrected chi connectivity index (χ1v) is 7.32. The molecule has 1 aliphatic heterocycles. The van der Waals surface area contributed by atoms with Crippen LogP contribution in [0, 0.1) is 6.92 Å². The minimum atomic E-state index is -0.000295. The van der Waals surface area contributed by atoms with Gasteiger partial charge >= 0.3 is 0 Å². The third kappa shape index (κ3) is 2.83. The van der Waals surface area contributed by atoms with Crippen molar-refractivity contribution in [2.75, 3.05) is 13.1 Å². The van der Waals surface area contributed by atoms with Crippen LogP contribution in [0.25, 0.3) is 5.69 Å². The number of carbonyl (C=O) groups excluding carboxylic acids is 1. The smallest absolute Gasteiger partial charge is 0.274 e. The third-order valence-corrected chi connectivity index (χ3v) is 3.93. The lowest BCUT2D eigenvalue weighted by Gasteiger charge is -2.29. The molecule has 0 bridgehead atoms. The molecule has 1 saturated heterocycles. The second kappa shape index (κ2) is 5.69. The van der Waals surface area contributed by atoms with E-state index >= 15 is 0 Å². The fraction of sp³-hybridized carbons (Fsp3) is 0.375. The number of amides is 1. The van der Waals surface area contributed by atoms with E-state index in [1.165, 1.54) is 0 Å². The van der Waals surface area contributed by atoms with E-state index in [1.54, 1.807) is 0 Å². The Balaban J connectivity index is 1.82. The van der Waals surface area contributed by atoms with Crippen LogP contribution in [0.5, 0.6) is 0 Å². The van der Waals surface area contributed by atoms with Crippen molar-refractivity contribution in [2.24, 2.45) is 5.73 Å². The zero-order chi connectivity index (χ0) is 14.8. The number of aromatic nitrogens is 2. The minimum Gasteiger partial charge on any atom is -0.337 e. The predicted molar refractivity (Wildman–Crippen MR) is 81.4 cm³/mol. The number of rotatable bonds is 2. The Hall–Kier alpha value is -2.14. The standard InChI is InChI=1S/C16H20N4O/c1-12-11-15(16(21)19-9-7-13(17)8-10-19)18-20(12)14-5-3-2-4-6-14/h2-6,11,13H,7-10,17H2,1H3. The lowest BCUT2D eigenvalue weighted by Crippen LogP contribution is -2.43. The minimum absolute atomic E-state index is 0.000295. The Bertz CT molecular complexity index is 627. The Labute approximate surface area is 124 Å². The van der Waals surface area contributed by atoms with Gasteiger partial charge in [-0.05, 0) is 38.0 Å². The molecule has 0 radical (unpaired) electrons. The number of hydrogen-bond donors (Lipinski definition) is 1. The van der Waals surface area contributed by atoms with Gasteiger partial charge in [0, 0.05) is 24.8 Å². The van der Waals surface area contributed by atoms with Crippen molar-refractivity contribution >= 4 is 5.91 Å². The van der Waals surface area contributed by atoms with Gasteiger partial charge in [-0.3, -0.25) is 4.79 Å². The van der Waals surface area contributed by atoms with Crippen LogP contribution in [0.4, 0.5) is 0 Å². The number of benzene rings is 1. The summed E-state index contributed by atoms with van der Waals surface area (Å²) in [7, 11) is 0. The van der Waals surface area contributed by atoms with Crippen molar-refractivity contribution in [3.8, 4) is 5.69 Å². The summed E-state index contributed by atoms with van der Waals surface area (Å²) in [5.74, 6) is -0.000295. The summed E-state index contributed by atoms with van der Waals surface area (Å²) in [6.07, 6.45) is 1.73. The van der Waals surface area contributed by atoms with E-state index < -0.39 is 0 Å². The lowest BCUT2D eigenvalue weighted by atomic mass is 10.1. The molecule has 1 aromatic carbocycles. The number of carbonyl (C=O) groups is 1. The largest absolute Gasteiger partial charge is 0.337 e.